The minimum absolute atomic E-state index is 0.124. The highest BCUT2D eigenvalue weighted by molar-refractivity contribution is 6.77. The molecule has 57 heavy (non-hydrogen) atoms. The van der Waals surface area contributed by atoms with Gasteiger partial charge >= 0.3 is 6.03 Å². The first-order valence-corrected chi connectivity index (χ1v) is 22.9. The lowest BCUT2D eigenvalue weighted by atomic mass is 9.92. The zero-order valence-corrected chi connectivity index (χ0v) is 36.9. The summed E-state index contributed by atoms with van der Waals surface area (Å²) in [7, 11) is -2.00. The summed E-state index contributed by atoms with van der Waals surface area (Å²) in [4.78, 5) is 16.0. The number of fused-ring (bicyclic) bond motifs is 1. The van der Waals surface area contributed by atoms with Gasteiger partial charge in [-0.05, 0) is 79.6 Å². The summed E-state index contributed by atoms with van der Waals surface area (Å²) in [6.45, 7) is 26.2. The number of hydrogen-bond acceptors (Lipinski definition) is 7. The molecule has 0 unspecified atom stereocenters. The lowest BCUT2D eigenvalue weighted by molar-refractivity contribution is 0.194. The number of pyridine rings is 1. The Balaban J connectivity index is 1.12. The van der Waals surface area contributed by atoms with Gasteiger partial charge in [0.15, 0.2) is 5.65 Å². The number of rotatable bonds is 15. The van der Waals surface area contributed by atoms with E-state index >= 15 is 0 Å². The molecular formula is C45H64N8O3Si. The fourth-order valence-corrected chi connectivity index (χ4v) is 14.2. The molecule has 2 aromatic carbocycles. The normalized spacial score (nSPS) is 16.2. The van der Waals surface area contributed by atoms with E-state index in [0.29, 0.717) is 35.3 Å². The second-order valence-electron chi connectivity index (χ2n) is 17.9. The summed E-state index contributed by atoms with van der Waals surface area (Å²) in [6.07, 6.45) is 4.41. The molecule has 1 saturated heterocycles. The standard InChI is InChI=1S/C45H64N8O3Si/c1-30(2)57(31(3)4,32(5)6)56-38-25-26-51(28-38)44-49-48-41-24-22-37(29-52(41)44)55-34(8)19-23-39(35-15-13-12-14-16-35)46-43(54)47-42-27-40(45(9,10)11)50-53(42)36-20-17-33(7)18-21-36/h12-18,20-22,24,27,29-32,34,38-39H,19,23,25-26,28H2,1-11H3,(H2,46,47,54)/t34-,38-,39-/m0/s1. The molecule has 2 amide bonds. The van der Waals surface area contributed by atoms with Crippen LogP contribution in [-0.2, 0) is 9.84 Å². The molecule has 3 atom stereocenters. The van der Waals surface area contributed by atoms with Crippen molar-refractivity contribution in [2.75, 3.05) is 23.3 Å². The quantitative estimate of drug-likeness (QED) is 0.102. The van der Waals surface area contributed by atoms with Crippen molar-refractivity contribution in [2.45, 2.75) is 136 Å². The topological polar surface area (TPSA) is 111 Å². The fraction of sp³-hybridized carbons (Fsp3) is 0.511. The molecule has 5 aromatic rings. The predicted octanol–water partition coefficient (Wildman–Crippen LogP) is 10.4. The Hall–Kier alpha value is -4.68. The van der Waals surface area contributed by atoms with Gasteiger partial charge in [0, 0.05) is 24.6 Å². The molecule has 1 fully saturated rings. The van der Waals surface area contributed by atoms with Crippen LogP contribution in [0.15, 0.2) is 79.0 Å². The van der Waals surface area contributed by atoms with Crippen LogP contribution in [0, 0.1) is 6.92 Å². The Kier molecular flexibility index (Phi) is 12.8. The van der Waals surface area contributed by atoms with E-state index in [0.717, 1.165) is 59.4 Å². The zero-order valence-electron chi connectivity index (χ0n) is 35.9. The molecule has 12 heteroatoms. The Morgan fingerprint density at radius 2 is 1.58 bits per heavy atom. The molecule has 0 spiro atoms. The highest BCUT2D eigenvalue weighted by Gasteiger charge is 2.47. The number of anilines is 2. The first-order valence-electron chi connectivity index (χ1n) is 20.8. The summed E-state index contributed by atoms with van der Waals surface area (Å²) < 4.78 is 17.5. The molecular weight excluding hydrogens is 729 g/mol. The van der Waals surface area contributed by atoms with Crippen LogP contribution in [0.2, 0.25) is 16.6 Å². The first-order chi connectivity index (χ1) is 27.0. The molecule has 0 radical (unpaired) electrons. The number of amides is 2. The van der Waals surface area contributed by atoms with Crippen molar-refractivity contribution in [3.8, 4) is 11.4 Å². The Labute approximate surface area is 340 Å². The van der Waals surface area contributed by atoms with Crippen LogP contribution in [0.1, 0.15) is 111 Å². The summed E-state index contributed by atoms with van der Waals surface area (Å²) in [5, 5.41) is 20.3. The van der Waals surface area contributed by atoms with E-state index in [2.05, 4.69) is 114 Å². The monoisotopic (exact) mass is 792 g/mol. The van der Waals surface area contributed by atoms with E-state index in [9.17, 15) is 4.79 Å². The van der Waals surface area contributed by atoms with Crippen LogP contribution in [-0.4, -0.2) is 64.0 Å². The summed E-state index contributed by atoms with van der Waals surface area (Å²) in [5.41, 5.74) is 6.17. The van der Waals surface area contributed by atoms with Crippen molar-refractivity contribution in [1.82, 2.24) is 29.7 Å². The third-order valence-electron chi connectivity index (χ3n) is 11.6. The summed E-state index contributed by atoms with van der Waals surface area (Å²) >= 11 is 0. The molecule has 0 saturated carbocycles. The number of ether oxygens (including phenoxy) is 1. The second kappa shape index (κ2) is 17.4. The van der Waals surface area contributed by atoms with Gasteiger partial charge in [0.25, 0.3) is 0 Å². The number of hydrogen-bond donors (Lipinski definition) is 2. The number of carbonyl (C=O) groups is 1. The predicted molar refractivity (Wildman–Crippen MR) is 233 cm³/mol. The molecule has 3 aromatic heterocycles. The average molecular weight is 793 g/mol. The molecule has 0 bridgehead atoms. The van der Waals surface area contributed by atoms with Gasteiger partial charge in [-0.15, -0.1) is 10.2 Å². The van der Waals surface area contributed by atoms with Gasteiger partial charge in [0.05, 0.1) is 35.8 Å². The highest BCUT2D eigenvalue weighted by atomic mass is 28.4. The first kappa shape index (κ1) is 41.9. The van der Waals surface area contributed by atoms with E-state index in [4.69, 9.17) is 14.3 Å². The average Bonchev–Trinajstić information content (AvgIpc) is 3.91. The van der Waals surface area contributed by atoms with Crippen molar-refractivity contribution in [3.05, 3.63) is 95.8 Å². The minimum Gasteiger partial charge on any atom is -0.489 e. The maximum absolute atomic E-state index is 13.7. The maximum Gasteiger partial charge on any atom is 0.320 e. The highest BCUT2D eigenvalue weighted by Crippen LogP contribution is 2.44. The molecule has 0 aliphatic carbocycles. The van der Waals surface area contributed by atoms with Crippen LogP contribution in [0.25, 0.3) is 11.3 Å². The Morgan fingerprint density at radius 1 is 0.895 bits per heavy atom. The number of urea groups is 1. The number of aromatic nitrogens is 5. The molecule has 1 aliphatic heterocycles. The van der Waals surface area contributed by atoms with Gasteiger partial charge in [-0.2, -0.15) is 5.10 Å². The number of aryl methyl sites for hydroxylation is 1. The molecule has 2 N–H and O–H groups in total. The largest absolute Gasteiger partial charge is 0.489 e. The van der Waals surface area contributed by atoms with Gasteiger partial charge in [-0.3, -0.25) is 9.72 Å². The minimum atomic E-state index is -2.00. The van der Waals surface area contributed by atoms with Gasteiger partial charge in [0.2, 0.25) is 14.3 Å². The van der Waals surface area contributed by atoms with Crippen LogP contribution in [0.3, 0.4) is 0 Å². The number of nitrogens with one attached hydrogen (secondary N) is 2. The smallest absolute Gasteiger partial charge is 0.320 e. The van der Waals surface area contributed by atoms with E-state index in [1.165, 1.54) is 0 Å². The van der Waals surface area contributed by atoms with Crippen molar-refractivity contribution >= 4 is 31.8 Å². The molecule has 1 aliphatic rings. The van der Waals surface area contributed by atoms with E-state index in [1.807, 2.05) is 71.3 Å². The van der Waals surface area contributed by atoms with Gasteiger partial charge < -0.3 is 19.4 Å². The summed E-state index contributed by atoms with van der Waals surface area (Å²) in [5.74, 6) is 2.18. The third-order valence-corrected chi connectivity index (χ3v) is 17.7. The van der Waals surface area contributed by atoms with Crippen molar-refractivity contribution in [1.29, 1.82) is 0 Å². The van der Waals surface area contributed by atoms with Crippen LogP contribution >= 0.6 is 0 Å². The SMILES string of the molecule is Cc1ccc(-n2nc(C(C)(C)C)cc2NC(=O)N[C@@H](CC[C@H](C)Oc2ccc3nnc(N4CC[C@H](O[Si](C(C)C)(C(C)C)C(C)C)C4)n3c2)c2ccccc2)cc1. The number of carbonyl (C=O) groups excluding carboxylic acids is 1. The van der Waals surface area contributed by atoms with Crippen molar-refractivity contribution in [3.63, 3.8) is 0 Å². The fourth-order valence-electron chi connectivity index (χ4n) is 8.58. The van der Waals surface area contributed by atoms with Crippen LogP contribution in [0.5, 0.6) is 5.75 Å². The Morgan fingerprint density at radius 3 is 2.23 bits per heavy atom. The third kappa shape index (κ3) is 9.55. The number of benzene rings is 2. The molecule has 4 heterocycles. The lowest BCUT2D eigenvalue weighted by Gasteiger charge is -2.44. The number of nitrogens with zero attached hydrogens (tertiary/aromatic N) is 6. The van der Waals surface area contributed by atoms with Gasteiger partial charge in [-0.1, -0.05) is 110 Å². The zero-order chi connectivity index (χ0) is 41.1. The van der Waals surface area contributed by atoms with Gasteiger partial charge in [-0.25, -0.2) is 9.48 Å². The van der Waals surface area contributed by atoms with E-state index < -0.39 is 8.32 Å². The van der Waals surface area contributed by atoms with Gasteiger partial charge in [0.1, 0.15) is 11.6 Å². The lowest BCUT2D eigenvalue weighted by Crippen LogP contribution is -2.50. The molecule has 11 nitrogen and oxygen atoms in total. The maximum atomic E-state index is 13.7. The molecule has 306 valence electrons. The second-order valence-corrected chi connectivity index (χ2v) is 23.3. The van der Waals surface area contributed by atoms with Crippen LogP contribution in [0.4, 0.5) is 16.6 Å². The summed E-state index contributed by atoms with van der Waals surface area (Å²) in [6, 6.07) is 23.6. The molecule has 6 rings (SSSR count). The van der Waals surface area contributed by atoms with Crippen molar-refractivity contribution in [2.24, 2.45) is 0 Å². The van der Waals surface area contributed by atoms with Crippen molar-refractivity contribution < 1.29 is 14.0 Å². The van der Waals surface area contributed by atoms with E-state index in [1.54, 1.807) is 4.68 Å². The van der Waals surface area contributed by atoms with Crippen LogP contribution < -0.4 is 20.3 Å². The van der Waals surface area contributed by atoms with E-state index in [-0.39, 0.29) is 29.7 Å². The Bertz CT molecular complexity index is 2070.